The first-order chi connectivity index (χ1) is 10.2. The lowest BCUT2D eigenvalue weighted by Crippen LogP contribution is -2.33. The molecule has 0 bridgehead atoms. The number of nitrogens with two attached hydrogens (primary N) is 1. The lowest BCUT2D eigenvalue weighted by molar-refractivity contribution is -0.146. The molecule has 0 amide bonds. The van der Waals surface area contributed by atoms with Crippen molar-refractivity contribution < 1.29 is 17.9 Å². The number of nitrogens with one attached hydrogen (secondary N) is 1. The molecule has 7 nitrogen and oxygen atoms in total. The molecule has 1 rings (SSSR count). The fraction of sp³-hybridized carbons (Fsp3) is 0.500. The molecule has 0 aliphatic carbocycles. The summed E-state index contributed by atoms with van der Waals surface area (Å²) in [5, 5.41) is 0.407. The van der Waals surface area contributed by atoms with Crippen LogP contribution in [0.15, 0.2) is 12.1 Å². The molecule has 0 spiro atoms. The summed E-state index contributed by atoms with van der Waals surface area (Å²) in [6.45, 7) is 0.200. The lowest BCUT2D eigenvalue weighted by atomic mass is 10.2. The molecular formula is C12H18Cl3N3O4S. The second-order valence-electron chi connectivity index (χ2n) is 4.64. The van der Waals surface area contributed by atoms with E-state index in [2.05, 4.69) is 9.71 Å². The maximum Gasteiger partial charge on any atom is 0.323 e. The van der Waals surface area contributed by atoms with Crippen molar-refractivity contribution in [2.24, 2.45) is 5.73 Å². The average Bonchev–Trinajstić information content (AvgIpc) is 2.38. The van der Waals surface area contributed by atoms with Crippen LogP contribution in [0.25, 0.3) is 0 Å². The minimum atomic E-state index is -3.23. The van der Waals surface area contributed by atoms with Gasteiger partial charge in [0.25, 0.3) is 0 Å². The third-order valence-corrected chi connectivity index (χ3v) is 3.68. The van der Waals surface area contributed by atoms with Gasteiger partial charge in [0.15, 0.2) is 0 Å². The van der Waals surface area contributed by atoms with E-state index in [1.165, 1.54) is 12.1 Å². The summed E-state index contributed by atoms with van der Waals surface area (Å²) in [6, 6.07) is 2.24. The minimum Gasteiger partial charge on any atom is -0.460 e. The Morgan fingerprint density at radius 3 is 2.48 bits per heavy atom. The van der Waals surface area contributed by atoms with Gasteiger partial charge in [-0.1, -0.05) is 23.2 Å². The van der Waals surface area contributed by atoms with Crippen molar-refractivity contribution >= 4 is 51.6 Å². The van der Waals surface area contributed by atoms with Crippen molar-refractivity contribution in [2.75, 3.05) is 12.8 Å². The molecule has 0 saturated carbocycles. The molecule has 3 N–H and O–H groups in total. The maximum absolute atomic E-state index is 11.7. The maximum atomic E-state index is 11.7. The predicted molar refractivity (Wildman–Crippen MR) is 91.4 cm³/mol. The second-order valence-corrected chi connectivity index (χ2v) is 7.25. The zero-order valence-corrected chi connectivity index (χ0v) is 15.4. The number of aromatic nitrogens is 1. The zero-order valence-electron chi connectivity index (χ0n) is 12.3. The highest BCUT2D eigenvalue weighted by Crippen LogP contribution is 2.15. The van der Waals surface area contributed by atoms with Crippen LogP contribution in [0.3, 0.4) is 0 Å². The van der Waals surface area contributed by atoms with Gasteiger partial charge in [-0.05, 0) is 30.5 Å². The Labute approximate surface area is 151 Å². The number of ether oxygens (including phenoxy) is 1. The van der Waals surface area contributed by atoms with Crippen LogP contribution in [0.4, 0.5) is 0 Å². The SMILES string of the molecule is CS(=O)(=O)NCCC[C@H](N)C(=O)OCc1cc(Cl)nc(Cl)c1.Cl. The molecule has 1 heterocycles. The van der Waals surface area contributed by atoms with Gasteiger partial charge in [0.2, 0.25) is 10.0 Å². The van der Waals surface area contributed by atoms with Gasteiger partial charge in [-0.2, -0.15) is 0 Å². The van der Waals surface area contributed by atoms with E-state index in [9.17, 15) is 13.2 Å². The topological polar surface area (TPSA) is 111 Å². The fourth-order valence-electron chi connectivity index (χ4n) is 1.56. The number of sulfonamides is 1. The number of esters is 1. The van der Waals surface area contributed by atoms with Gasteiger partial charge in [0.1, 0.15) is 23.0 Å². The summed E-state index contributed by atoms with van der Waals surface area (Å²) in [6.07, 6.45) is 1.79. The standard InChI is InChI=1S/C12H17Cl2N3O4S.ClH/c1-22(19,20)16-4-2-3-9(15)12(18)21-7-8-5-10(13)17-11(14)6-8;/h5-6,9,16H,2-4,7,15H2,1H3;1H/t9-;/m0./s1. The highest BCUT2D eigenvalue weighted by atomic mass is 35.5. The Morgan fingerprint density at radius 1 is 1.39 bits per heavy atom. The fourth-order valence-corrected chi connectivity index (χ4v) is 2.58. The number of hydrogen-bond acceptors (Lipinski definition) is 6. The van der Waals surface area contributed by atoms with E-state index >= 15 is 0 Å². The van der Waals surface area contributed by atoms with Crippen LogP contribution in [-0.4, -0.2) is 38.2 Å². The first kappa shape index (κ1) is 22.4. The van der Waals surface area contributed by atoms with Crippen LogP contribution in [-0.2, 0) is 26.2 Å². The Hall–Kier alpha value is -0.640. The van der Waals surface area contributed by atoms with E-state index in [1.807, 2.05) is 0 Å². The summed E-state index contributed by atoms with van der Waals surface area (Å²) >= 11 is 11.5. The summed E-state index contributed by atoms with van der Waals surface area (Å²) in [5.74, 6) is -0.580. The molecule has 1 aromatic rings. The number of halogens is 3. The van der Waals surface area contributed by atoms with Gasteiger partial charge >= 0.3 is 5.97 Å². The first-order valence-electron chi connectivity index (χ1n) is 6.36. The van der Waals surface area contributed by atoms with Crippen molar-refractivity contribution in [3.05, 3.63) is 28.0 Å². The molecule has 0 aliphatic rings. The van der Waals surface area contributed by atoms with E-state index in [-0.39, 0.29) is 35.9 Å². The van der Waals surface area contributed by atoms with Crippen LogP contribution in [0.5, 0.6) is 0 Å². The lowest BCUT2D eigenvalue weighted by Gasteiger charge is -2.11. The molecule has 0 aliphatic heterocycles. The van der Waals surface area contributed by atoms with Gasteiger partial charge in [-0.15, -0.1) is 12.4 Å². The minimum absolute atomic E-state index is 0. The van der Waals surface area contributed by atoms with E-state index in [1.54, 1.807) is 0 Å². The molecule has 0 unspecified atom stereocenters. The molecule has 23 heavy (non-hydrogen) atoms. The smallest absolute Gasteiger partial charge is 0.323 e. The van der Waals surface area contributed by atoms with Crippen molar-refractivity contribution in [3.63, 3.8) is 0 Å². The van der Waals surface area contributed by atoms with Crippen LogP contribution >= 0.6 is 35.6 Å². The highest BCUT2D eigenvalue weighted by Gasteiger charge is 2.15. The summed E-state index contributed by atoms with van der Waals surface area (Å²) in [5.41, 5.74) is 6.28. The molecule has 132 valence electrons. The predicted octanol–water partition coefficient (Wildman–Crippen LogP) is 1.51. The first-order valence-corrected chi connectivity index (χ1v) is 9.01. The molecule has 1 atom stereocenters. The number of pyridine rings is 1. The normalized spacial score (nSPS) is 12.3. The summed E-state index contributed by atoms with van der Waals surface area (Å²) < 4.78 is 29.1. The van der Waals surface area contributed by atoms with Crippen molar-refractivity contribution in [1.29, 1.82) is 0 Å². The molecule has 0 fully saturated rings. The number of nitrogens with zero attached hydrogens (tertiary/aromatic N) is 1. The van der Waals surface area contributed by atoms with Gasteiger partial charge in [0.05, 0.1) is 6.26 Å². The molecule has 0 saturated heterocycles. The van der Waals surface area contributed by atoms with E-state index in [0.29, 0.717) is 18.4 Å². The Bertz CT molecular complexity index is 608. The van der Waals surface area contributed by atoms with Gasteiger partial charge < -0.3 is 10.5 Å². The average molecular weight is 407 g/mol. The number of carbonyl (C=O) groups excluding carboxylic acids is 1. The monoisotopic (exact) mass is 405 g/mol. The molecular weight excluding hydrogens is 389 g/mol. The summed E-state index contributed by atoms with van der Waals surface area (Å²) in [7, 11) is -3.23. The largest absolute Gasteiger partial charge is 0.460 e. The number of hydrogen-bond donors (Lipinski definition) is 2. The quantitative estimate of drug-likeness (QED) is 0.384. The molecule has 1 aromatic heterocycles. The van der Waals surface area contributed by atoms with Crippen LogP contribution < -0.4 is 10.5 Å². The molecule has 0 radical (unpaired) electrons. The van der Waals surface area contributed by atoms with Gasteiger partial charge in [-0.3, -0.25) is 4.79 Å². The van der Waals surface area contributed by atoms with Crippen LogP contribution in [0, 0.1) is 0 Å². The second kappa shape index (κ2) is 10.3. The Kier molecular flexibility index (Phi) is 9.99. The summed E-state index contributed by atoms with van der Waals surface area (Å²) in [4.78, 5) is 15.5. The molecule has 11 heteroatoms. The van der Waals surface area contributed by atoms with Crippen molar-refractivity contribution in [3.8, 4) is 0 Å². The van der Waals surface area contributed by atoms with Crippen molar-refractivity contribution in [2.45, 2.75) is 25.5 Å². The Morgan fingerprint density at radius 2 is 1.96 bits per heavy atom. The van der Waals surface area contributed by atoms with E-state index in [0.717, 1.165) is 6.26 Å². The van der Waals surface area contributed by atoms with Crippen LogP contribution in [0.1, 0.15) is 18.4 Å². The highest BCUT2D eigenvalue weighted by molar-refractivity contribution is 7.88. The van der Waals surface area contributed by atoms with E-state index < -0.39 is 22.0 Å². The number of rotatable bonds is 8. The molecule has 0 aromatic carbocycles. The van der Waals surface area contributed by atoms with E-state index in [4.69, 9.17) is 33.7 Å². The third-order valence-electron chi connectivity index (χ3n) is 2.56. The van der Waals surface area contributed by atoms with Gasteiger partial charge in [0, 0.05) is 6.54 Å². The third kappa shape index (κ3) is 9.95. The zero-order chi connectivity index (χ0) is 16.8. The van der Waals surface area contributed by atoms with Gasteiger partial charge in [-0.25, -0.2) is 18.1 Å². The van der Waals surface area contributed by atoms with Crippen LogP contribution in [0.2, 0.25) is 10.3 Å². The Balaban J connectivity index is 0.00000484. The number of carbonyl (C=O) groups is 1. The van der Waals surface area contributed by atoms with Crippen molar-refractivity contribution in [1.82, 2.24) is 9.71 Å².